The Morgan fingerprint density at radius 1 is 1.35 bits per heavy atom. The van der Waals surface area contributed by atoms with Gasteiger partial charge in [0.2, 0.25) is 10.0 Å². The van der Waals surface area contributed by atoms with Crippen LogP contribution in [0.3, 0.4) is 0 Å². The summed E-state index contributed by atoms with van der Waals surface area (Å²) in [5.41, 5.74) is 0.687. The Hall–Kier alpha value is -0.980. The van der Waals surface area contributed by atoms with Crippen molar-refractivity contribution in [1.82, 2.24) is 4.72 Å². The van der Waals surface area contributed by atoms with Crippen molar-refractivity contribution >= 4 is 10.0 Å². The molecular weight excluding hydrogens is 281 g/mol. The number of hydrogen-bond donors (Lipinski definition) is 2. The fourth-order valence-corrected chi connectivity index (χ4v) is 3.34. The van der Waals surface area contributed by atoms with Crippen LogP contribution in [-0.4, -0.2) is 26.7 Å². The summed E-state index contributed by atoms with van der Waals surface area (Å²) in [4.78, 5) is -0.322. The maximum absolute atomic E-state index is 13.6. The zero-order valence-electron chi connectivity index (χ0n) is 11.9. The molecule has 1 aromatic rings. The van der Waals surface area contributed by atoms with Gasteiger partial charge in [0.25, 0.3) is 0 Å². The Bertz CT molecular complexity index is 525. The summed E-state index contributed by atoms with van der Waals surface area (Å²) >= 11 is 0. The monoisotopic (exact) mass is 303 g/mol. The molecule has 0 aliphatic rings. The number of rotatable bonds is 8. The molecule has 0 aliphatic carbocycles. The summed E-state index contributed by atoms with van der Waals surface area (Å²) < 4.78 is 40.3. The van der Waals surface area contributed by atoms with E-state index >= 15 is 0 Å². The smallest absolute Gasteiger partial charge is 0.243 e. The van der Waals surface area contributed by atoms with Gasteiger partial charge >= 0.3 is 0 Å². The van der Waals surface area contributed by atoms with Crippen molar-refractivity contribution in [2.75, 3.05) is 13.2 Å². The van der Waals surface area contributed by atoms with Crippen LogP contribution >= 0.6 is 0 Å². The molecule has 4 nitrogen and oxygen atoms in total. The van der Waals surface area contributed by atoms with Crippen LogP contribution in [0.15, 0.2) is 23.1 Å². The highest BCUT2D eigenvalue weighted by Gasteiger charge is 2.20. The van der Waals surface area contributed by atoms with Crippen LogP contribution in [-0.2, 0) is 10.0 Å². The molecule has 6 heteroatoms. The number of nitrogens with one attached hydrogen (secondary N) is 1. The molecule has 0 saturated carbocycles. The van der Waals surface area contributed by atoms with E-state index in [1.54, 1.807) is 6.92 Å². The highest BCUT2D eigenvalue weighted by molar-refractivity contribution is 7.89. The van der Waals surface area contributed by atoms with Gasteiger partial charge in [0, 0.05) is 13.2 Å². The van der Waals surface area contributed by atoms with E-state index in [2.05, 4.69) is 4.72 Å². The zero-order chi connectivity index (χ0) is 15.2. The van der Waals surface area contributed by atoms with Gasteiger partial charge < -0.3 is 5.11 Å². The van der Waals surface area contributed by atoms with E-state index in [0.29, 0.717) is 12.0 Å². The topological polar surface area (TPSA) is 66.4 Å². The second-order valence-corrected chi connectivity index (χ2v) is 6.69. The van der Waals surface area contributed by atoms with Crippen molar-refractivity contribution < 1.29 is 17.9 Å². The minimum Gasteiger partial charge on any atom is -0.396 e. The van der Waals surface area contributed by atoms with Crippen molar-refractivity contribution in [2.45, 2.75) is 38.0 Å². The fraction of sp³-hybridized carbons (Fsp3) is 0.571. The van der Waals surface area contributed by atoms with Crippen LogP contribution in [0.2, 0.25) is 0 Å². The van der Waals surface area contributed by atoms with Crippen LogP contribution in [0.25, 0.3) is 0 Å². The van der Waals surface area contributed by atoms with Gasteiger partial charge in [-0.1, -0.05) is 19.4 Å². The molecule has 2 N–H and O–H groups in total. The Morgan fingerprint density at radius 3 is 2.65 bits per heavy atom. The van der Waals surface area contributed by atoms with Gasteiger partial charge in [0.05, 0.1) is 0 Å². The SMILES string of the molecule is CCCC(CCO)CNS(=O)(=O)c1cc(C)ccc1F. The largest absolute Gasteiger partial charge is 0.396 e. The fourth-order valence-electron chi connectivity index (χ4n) is 2.06. The molecule has 0 amide bonds. The number of hydrogen-bond acceptors (Lipinski definition) is 3. The lowest BCUT2D eigenvalue weighted by molar-refractivity contribution is 0.251. The van der Waals surface area contributed by atoms with E-state index in [4.69, 9.17) is 5.11 Å². The van der Waals surface area contributed by atoms with Gasteiger partial charge in [-0.25, -0.2) is 17.5 Å². The third-order valence-electron chi connectivity index (χ3n) is 3.17. The number of aryl methyl sites for hydroxylation is 1. The first-order valence-electron chi connectivity index (χ1n) is 6.77. The average molecular weight is 303 g/mol. The van der Waals surface area contributed by atoms with E-state index in [0.717, 1.165) is 18.9 Å². The molecule has 1 rings (SSSR count). The van der Waals surface area contributed by atoms with Gasteiger partial charge in [-0.2, -0.15) is 0 Å². The molecule has 0 heterocycles. The maximum atomic E-state index is 13.6. The molecule has 1 unspecified atom stereocenters. The van der Waals surface area contributed by atoms with Gasteiger partial charge in [-0.05, 0) is 43.4 Å². The molecule has 0 fully saturated rings. The van der Waals surface area contributed by atoms with Gasteiger partial charge in [-0.3, -0.25) is 0 Å². The Morgan fingerprint density at radius 2 is 2.05 bits per heavy atom. The second-order valence-electron chi connectivity index (χ2n) is 4.95. The second kappa shape index (κ2) is 7.71. The van der Waals surface area contributed by atoms with Crippen LogP contribution in [0, 0.1) is 18.7 Å². The first-order chi connectivity index (χ1) is 9.40. The van der Waals surface area contributed by atoms with E-state index in [-0.39, 0.29) is 24.0 Å². The molecule has 0 aliphatic heterocycles. The van der Waals surface area contributed by atoms with Crippen molar-refractivity contribution in [3.8, 4) is 0 Å². The zero-order valence-corrected chi connectivity index (χ0v) is 12.7. The van der Waals surface area contributed by atoms with E-state index < -0.39 is 15.8 Å². The van der Waals surface area contributed by atoms with Gasteiger partial charge in [-0.15, -0.1) is 0 Å². The Labute approximate surface area is 120 Å². The number of benzene rings is 1. The molecule has 0 saturated heterocycles. The number of aliphatic hydroxyl groups is 1. The van der Waals surface area contributed by atoms with Crippen molar-refractivity contribution in [3.05, 3.63) is 29.6 Å². The summed E-state index contributed by atoms with van der Waals surface area (Å²) in [5.74, 6) is -0.690. The quantitative estimate of drug-likeness (QED) is 0.774. The van der Waals surface area contributed by atoms with Crippen LogP contribution in [0.5, 0.6) is 0 Å². The molecular formula is C14H22FNO3S. The first-order valence-corrected chi connectivity index (χ1v) is 8.25. The normalized spacial score (nSPS) is 13.4. The molecule has 1 atom stereocenters. The lowest BCUT2D eigenvalue weighted by atomic mass is 10.0. The van der Waals surface area contributed by atoms with Crippen molar-refractivity contribution in [2.24, 2.45) is 5.92 Å². The lowest BCUT2D eigenvalue weighted by Gasteiger charge is -2.16. The molecule has 114 valence electrons. The molecule has 0 bridgehead atoms. The predicted molar refractivity (Wildman–Crippen MR) is 76.4 cm³/mol. The van der Waals surface area contributed by atoms with Gasteiger partial charge in [0.15, 0.2) is 0 Å². The predicted octanol–water partition coefficient (Wildman–Crippen LogP) is 2.21. The van der Waals surface area contributed by atoms with E-state index in [9.17, 15) is 12.8 Å². The summed E-state index contributed by atoms with van der Waals surface area (Å²) in [7, 11) is -3.85. The number of aliphatic hydroxyl groups excluding tert-OH is 1. The molecule has 0 radical (unpaired) electrons. The van der Waals surface area contributed by atoms with Gasteiger partial charge in [0.1, 0.15) is 10.7 Å². The maximum Gasteiger partial charge on any atom is 0.243 e. The standard InChI is InChI=1S/C14H22FNO3S/c1-3-4-12(7-8-17)10-16-20(18,19)14-9-11(2)5-6-13(14)15/h5-6,9,12,16-17H,3-4,7-8,10H2,1-2H3. The summed E-state index contributed by atoms with van der Waals surface area (Å²) in [6.07, 6.45) is 2.26. The number of halogens is 1. The van der Waals surface area contributed by atoms with Crippen molar-refractivity contribution in [3.63, 3.8) is 0 Å². The third kappa shape index (κ3) is 4.85. The highest BCUT2D eigenvalue weighted by atomic mass is 32.2. The van der Waals surface area contributed by atoms with E-state index in [1.807, 2.05) is 6.92 Å². The third-order valence-corrected chi connectivity index (χ3v) is 4.61. The summed E-state index contributed by atoms with van der Waals surface area (Å²) in [6.45, 7) is 3.94. The lowest BCUT2D eigenvalue weighted by Crippen LogP contribution is -2.30. The highest BCUT2D eigenvalue weighted by Crippen LogP contribution is 2.17. The molecule has 20 heavy (non-hydrogen) atoms. The van der Waals surface area contributed by atoms with Crippen LogP contribution < -0.4 is 4.72 Å². The summed E-state index contributed by atoms with van der Waals surface area (Å²) in [6, 6.07) is 4.00. The Kier molecular flexibility index (Phi) is 6.58. The van der Waals surface area contributed by atoms with Crippen molar-refractivity contribution in [1.29, 1.82) is 0 Å². The minimum absolute atomic E-state index is 0.0190. The molecule has 0 spiro atoms. The number of sulfonamides is 1. The summed E-state index contributed by atoms with van der Waals surface area (Å²) in [5, 5.41) is 8.95. The van der Waals surface area contributed by atoms with Crippen LogP contribution in [0.4, 0.5) is 4.39 Å². The Balaban J connectivity index is 2.81. The molecule has 0 aromatic heterocycles. The average Bonchev–Trinajstić information content (AvgIpc) is 2.39. The minimum atomic E-state index is -3.85. The van der Waals surface area contributed by atoms with E-state index in [1.165, 1.54) is 12.1 Å². The van der Waals surface area contributed by atoms with Crippen LogP contribution in [0.1, 0.15) is 31.7 Å². The first kappa shape index (κ1) is 17.1. The molecule has 1 aromatic carbocycles.